The summed E-state index contributed by atoms with van der Waals surface area (Å²) in [6.07, 6.45) is 10.2. The Morgan fingerprint density at radius 3 is 1.48 bits per heavy atom. The molecule has 4 aromatic rings. The maximum atomic E-state index is 2.67. The summed E-state index contributed by atoms with van der Waals surface area (Å²) in [5.74, 6) is 1.77. The van der Waals surface area contributed by atoms with Crippen LogP contribution in [-0.4, -0.2) is 5.66 Å². The van der Waals surface area contributed by atoms with Crippen molar-refractivity contribution >= 4 is 37.1 Å². The molecular weight excluding hydrogens is 518 g/mol. The summed E-state index contributed by atoms with van der Waals surface area (Å²) in [6, 6.07) is 45.6. The van der Waals surface area contributed by atoms with Crippen LogP contribution in [0, 0.1) is 17.8 Å². The van der Waals surface area contributed by atoms with Gasteiger partial charge in [0.15, 0.2) is 0 Å². The van der Waals surface area contributed by atoms with Gasteiger partial charge in [-0.25, -0.2) is 0 Å². The van der Waals surface area contributed by atoms with Crippen LogP contribution in [0.4, 0.5) is 0 Å². The van der Waals surface area contributed by atoms with Gasteiger partial charge in [-0.15, -0.1) is 0 Å². The smallest absolute Gasteiger partial charge is 0.00544 e. The quantitative estimate of drug-likeness (QED) is 0.157. The Morgan fingerprint density at radius 1 is 0.525 bits per heavy atom. The Labute approximate surface area is 243 Å². The van der Waals surface area contributed by atoms with Gasteiger partial charge in [-0.3, -0.25) is 0 Å². The van der Waals surface area contributed by atoms with E-state index in [1.807, 2.05) is 0 Å². The highest BCUT2D eigenvalue weighted by Gasteiger charge is 2.44. The molecule has 6 rings (SSSR count). The average molecular weight is 559 g/mol. The molecule has 2 heteroatoms. The van der Waals surface area contributed by atoms with Crippen LogP contribution in [0.1, 0.15) is 39.5 Å². The van der Waals surface area contributed by atoms with E-state index in [0.717, 1.165) is 0 Å². The number of hydrogen-bond acceptors (Lipinski definition) is 0. The van der Waals surface area contributed by atoms with Gasteiger partial charge >= 0.3 is 0 Å². The fourth-order valence-electron chi connectivity index (χ4n) is 7.10. The Balaban J connectivity index is 1.49. The molecule has 4 aromatic carbocycles. The molecule has 202 valence electrons. The van der Waals surface area contributed by atoms with E-state index in [0.29, 0.717) is 23.4 Å². The molecule has 0 N–H and O–H groups in total. The second-order valence-electron chi connectivity index (χ2n) is 11.4. The van der Waals surface area contributed by atoms with Crippen LogP contribution >= 0.6 is 15.8 Å². The molecule has 0 spiro atoms. The number of benzene rings is 4. The van der Waals surface area contributed by atoms with E-state index in [9.17, 15) is 0 Å². The summed E-state index contributed by atoms with van der Waals surface area (Å²) in [4.78, 5) is 0. The topological polar surface area (TPSA) is 0 Å². The predicted molar refractivity (Wildman–Crippen MR) is 178 cm³/mol. The standard InChI is InChI=1S/C38H40P2/c1-29-17-15-27-35(39(31-19-7-3-8-20-31)32-21-9-4-10-22-32)37(29)38-30(2)18-16-28-36(38)40(33-23-11-5-12-24-33)34-25-13-6-14-26-34/h3-14,17,19-26,28,30,35,37-38H,15-16,18,27H2,1-2H3/t30?,35-,37?,38-/m0/s1. The highest BCUT2D eigenvalue weighted by molar-refractivity contribution is 7.76. The molecule has 0 amide bonds. The minimum absolute atomic E-state index is 0.487. The van der Waals surface area contributed by atoms with E-state index < -0.39 is 15.8 Å². The molecule has 4 atom stereocenters. The molecule has 0 bridgehead atoms. The monoisotopic (exact) mass is 558 g/mol. The van der Waals surface area contributed by atoms with Gasteiger partial charge in [0.2, 0.25) is 0 Å². The predicted octanol–water partition coefficient (Wildman–Crippen LogP) is 8.91. The Bertz CT molecular complexity index is 1350. The van der Waals surface area contributed by atoms with Crippen molar-refractivity contribution < 1.29 is 0 Å². The van der Waals surface area contributed by atoms with E-state index in [1.165, 1.54) is 46.9 Å². The molecule has 0 heterocycles. The second kappa shape index (κ2) is 12.8. The van der Waals surface area contributed by atoms with Crippen molar-refractivity contribution in [1.82, 2.24) is 0 Å². The van der Waals surface area contributed by atoms with Crippen molar-refractivity contribution in [2.24, 2.45) is 17.8 Å². The molecule has 0 aliphatic heterocycles. The van der Waals surface area contributed by atoms with E-state index in [1.54, 1.807) is 10.9 Å². The fourth-order valence-corrected chi connectivity index (χ4v) is 13.2. The van der Waals surface area contributed by atoms with Gasteiger partial charge in [-0.2, -0.15) is 0 Å². The van der Waals surface area contributed by atoms with Crippen LogP contribution in [0.2, 0.25) is 0 Å². The summed E-state index contributed by atoms with van der Waals surface area (Å²) in [7, 11) is -1.07. The van der Waals surface area contributed by atoms with Gasteiger partial charge in [-0.05, 0) is 98.4 Å². The van der Waals surface area contributed by atoms with E-state index >= 15 is 0 Å². The van der Waals surface area contributed by atoms with E-state index in [4.69, 9.17) is 0 Å². The molecule has 0 saturated heterocycles. The third kappa shape index (κ3) is 5.68. The van der Waals surface area contributed by atoms with Crippen LogP contribution in [0.15, 0.2) is 144 Å². The lowest BCUT2D eigenvalue weighted by Gasteiger charge is -2.47. The van der Waals surface area contributed by atoms with Crippen molar-refractivity contribution in [1.29, 1.82) is 0 Å². The molecule has 0 saturated carbocycles. The van der Waals surface area contributed by atoms with Crippen LogP contribution < -0.4 is 21.2 Å². The van der Waals surface area contributed by atoms with Crippen LogP contribution in [0.3, 0.4) is 0 Å². The van der Waals surface area contributed by atoms with Gasteiger partial charge in [0, 0.05) is 0 Å². The fraction of sp³-hybridized carbons (Fsp3) is 0.263. The first-order valence-electron chi connectivity index (χ1n) is 14.9. The molecule has 40 heavy (non-hydrogen) atoms. The van der Waals surface area contributed by atoms with Crippen LogP contribution in [0.25, 0.3) is 0 Å². The maximum absolute atomic E-state index is 2.67. The van der Waals surface area contributed by atoms with Crippen molar-refractivity contribution in [3.05, 3.63) is 144 Å². The van der Waals surface area contributed by atoms with E-state index in [2.05, 4.69) is 147 Å². The first-order chi connectivity index (χ1) is 19.7. The van der Waals surface area contributed by atoms with Crippen molar-refractivity contribution in [2.45, 2.75) is 45.2 Å². The zero-order chi connectivity index (χ0) is 27.3. The molecule has 0 radical (unpaired) electrons. The maximum Gasteiger partial charge on any atom is -0.00544 e. The minimum Gasteiger partial charge on any atom is -0.0853 e. The number of hydrogen-bond donors (Lipinski definition) is 0. The average Bonchev–Trinajstić information content (AvgIpc) is 3.01. The van der Waals surface area contributed by atoms with Gasteiger partial charge in [-0.1, -0.05) is 146 Å². The summed E-state index contributed by atoms with van der Waals surface area (Å²) in [6.45, 7) is 5.00. The third-order valence-corrected chi connectivity index (χ3v) is 14.5. The molecule has 0 aromatic heterocycles. The molecule has 2 aliphatic carbocycles. The second-order valence-corrected chi connectivity index (χ2v) is 16.0. The third-order valence-electron chi connectivity index (χ3n) is 8.87. The molecule has 2 unspecified atom stereocenters. The summed E-state index contributed by atoms with van der Waals surface area (Å²) < 4.78 is 0. The lowest BCUT2D eigenvalue weighted by molar-refractivity contribution is 0.280. The van der Waals surface area contributed by atoms with Gasteiger partial charge in [0.1, 0.15) is 0 Å². The van der Waals surface area contributed by atoms with E-state index in [-0.39, 0.29) is 0 Å². The summed E-state index contributed by atoms with van der Waals surface area (Å²) in [5.41, 5.74) is 2.25. The SMILES string of the molecule is CC1=CCC[C@H](P(c2ccccc2)c2ccccc2)C1[C@@H]1C(P(c2ccccc2)c2ccccc2)=CCCC1C. The van der Waals surface area contributed by atoms with Gasteiger partial charge < -0.3 is 0 Å². The van der Waals surface area contributed by atoms with Crippen molar-refractivity contribution in [3.63, 3.8) is 0 Å². The number of allylic oxidation sites excluding steroid dienone is 4. The number of rotatable bonds is 7. The highest BCUT2D eigenvalue weighted by Crippen LogP contribution is 2.60. The molecule has 0 nitrogen and oxygen atoms in total. The first-order valence-corrected chi connectivity index (χ1v) is 17.6. The summed E-state index contributed by atoms with van der Waals surface area (Å²) in [5, 5.41) is 7.73. The largest absolute Gasteiger partial charge is 0.0853 e. The lowest BCUT2D eigenvalue weighted by Crippen LogP contribution is -2.39. The molecule has 0 fully saturated rings. The van der Waals surface area contributed by atoms with Gasteiger partial charge in [0.05, 0.1) is 0 Å². The summed E-state index contributed by atoms with van der Waals surface area (Å²) >= 11 is 0. The van der Waals surface area contributed by atoms with Crippen molar-refractivity contribution in [2.75, 3.05) is 0 Å². The molecular formula is C38H40P2. The minimum atomic E-state index is -0.585. The first kappa shape index (κ1) is 27.4. The van der Waals surface area contributed by atoms with Crippen LogP contribution in [0.5, 0.6) is 0 Å². The van der Waals surface area contributed by atoms with Crippen molar-refractivity contribution in [3.8, 4) is 0 Å². The lowest BCUT2D eigenvalue weighted by atomic mass is 9.70. The Hall–Kier alpha value is -2.78. The Morgan fingerprint density at radius 2 is 0.975 bits per heavy atom. The Kier molecular flexibility index (Phi) is 8.77. The highest BCUT2D eigenvalue weighted by atomic mass is 31.1. The molecule has 2 aliphatic rings. The van der Waals surface area contributed by atoms with Crippen LogP contribution in [-0.2, 0) is 0 Å². The zero-order valence-corrected chi connectivity index (χ0v) is 25.5. The normalized spacial score (nSPS) is 23.1. The zero-order valence-electron chi connectivity index (χ0n) is 23.7. The van der Waals surface area contributed by atoms with Gasteiger partial charge in [0.25, 0.3) is 0 Å².